The molecule has 0 amide bonds. The highest BCUT2D eigenvalue weighted by atomic mass is 16.5. The van der Waals surface area contributed by atoms with Crippen molar-refractivity contribution in [3.05, 3.63) is 18.2 Å². The van der Waals surface area contributed by atoms with E-state index in [1.807, 2.05) is 12.1 Å². The number of nitrogens with two attached hydrogens (primary N) is 1. The molecule has 0 radical (unpaired) electrons. The summed E-state index contributed by atoms with van der Waals surface area (Å²) >= 11 is 0. The molecule has 1 aromatic rings. The van der Waals surface area contributed by atoms with Crippen LogP contribution in [-0.4, -0.2) is 32.3 Å². The Labute approximate surface area is 109 Å². The molecular formula is C14H22N2O2. The zero-order valence-corrected chi connectivity index (χ0v) is 11.6. The number of nitrogens with zero attached hydrogens (tertiary/aromatic N) is 1. The van der Waals surface area contributed by atoms with Gasteiger partial charge in [-0.25, -0.2) is 0 Å². The molecule has 1 heterocycles. The average Bonchev–Trinajstić information content (AvgIpc) is 2.61. The Bertz CT molecular complexity index is 432. The zero-order valence-electron chi connectivity index (χ0n) is 11.6. The van der Waals surface area contributed by atoms with Gasteiger partial charge in [0, 0.05) is 29.9 Å². The monoisotopic (exact) mass is 250 g/mol. The molecule has 1 fully saturated rings. The lowest BCUT2D eigenvalue weighted by atomic mass is 10.00. The molecular weight excluding hydrogens is 228 g/mol. The predicted octanol–water partition coefficient (Wildman–Crippen LogP) is 2.02. The van der Waals surface area contributed by atoms with E-state index in [0.717, 1.165) is 30.2 Å². The molecule has 0 saturated carbocycles. The van der Waals surface area contributed by atoms with Gasteiger partial charge in [0.15, 0.2) is 11.5 Å². The quantitative estimate of drug-likeness (QED) is 0.891. The van der Waals surface area contributed by atoms with Crippen LogP contribution in [0.1, 0.15) is 20.3 Å². The molecule has 1 unspecified atom stereocenters. The fourth-order valence-electron chi connectivity index (χ4n) is 2.75. The molecule has 1 aromatic carbocycles. The van der Waals surface area contributed by atoms with Gasteiger partial charge in [0.05, 0.1) is 14.2 Å². The molecule has 18 heavy (non-hydrogen) atoms. The highest BCUT2D eigenvalue weighted by Gasteiger charge is 2.36. The smallest absolute Gasteiger partial charge is 0.162 e. The van der Waals surface area contributed by atoms with Crippen LogP contribution in [-0.2, 0) is 0 Å². The zero-order chi connectivity index (χ0) is 13.3. The van der Waals surface area contributed by atoms with Gasteiger partial charge in [-0.1, -0.05) is 0 Å². The molecule has 1 aliphatic rings. The van der Waals surface area contributed by atoms with Crippen LogP contribution in [0.2, 0.25) is 0 Å². The summed E-state index contributed by atoms with van der Waals surface area (Å²) in [5, 5.41) is 0. The summed E-state index contributed by atoms with van der Waals surface area (Å²) in [6.45, 7) is 5.32. The molecule has 4 nitrogen and oxygen atoms in total. The number of methoxy groups -OCH3 is 2. The molecule has 0 aromatic heterocycles. The minimum Gasteiger partial charge on any atom is -0.493 e. The first kappa shape index (κ1) is 13.0. The number of hydrogen-bond acceptors (Lipinski definition) is 4. The van der Waals surface area contributed by atoms with E-state index in [4.69, 9.17) is 15.2 Å². The second-order valence-corrected chi connectivity index (χ2v) is 5.43. The molecule has 4 heteroatoms. The van der Waals surface area contributed by atoms with Crippen molar-refractivity contribution in [3.63, 3.8) is 0 Å². The largest absolute Gasteiger partial charge is 0.493 e. The van der Waals surface area contributed by atoms with Gasteiger partial charge in [0.1, 0.15) is 0 Å². The number of anilines is 1. The summed E-state index contributed by atoms with van der Waals surface area (Å²) in [6.07, 6.45) is 1.00. The van der Waals surface area contributed by atoms with Crippen LogP contribution in [0.25, 0.3) is 0 Å². The second-order valence-electron chi connectivity index (χ2n) is 5.43. The van der Waals surface area contributed by atoms with Gasteiger partial charge in [-0.3, -0.25) is 0 Å². The third-order valence-electron chi connectivity index (χ3n) is 3.59. The van der Waals surface area contributed by atoms with Crippen molar-refractivity contribution in [1.29, 1.82) is 0 Å². The van der Waals surface area contributed by atoms with E-state index < -0.39 is 0 Å². The van der Waals surface area contributed by atoms with Crippen molar-refractivity contribution in [3.8, 4) is 11.5 Å². The third-order valence-corrected chi connectivity index (χ3v) is 3.59. The maximum Gasteiger partial charge on any atom is 0.162 e. The Kier molecular flexibility index (Phi) is 3.39. The van der Waals surface area contributed by atoms with Crippen LogP contribution >= 0.6 is 0 Å². The summed E-state index contributed by atoms with van der Waals surface area (Å²) in [5.41, 5.74) is 7.28. The van der Waals surface area contributed by atoms with Gasteiger partial charge in [0.25, 0.3) is 0 Å². The molecule has 2 N–H and O–H groups in total. The van der Waals surface area contributed by atoms with Crippen molar-refractivity contribution in [2.45, 2.75) is 31.8 Å². The molecule has 2 rings (SSSR count). The van der Waals surface area contributed by atoms with E-state index in [1.54, 1.807) is 14.2 Å². The highest BCUT2D eigenvalue weighted by molar-refractivity contribution is 5.58. The normalized spacial score (nSPS) is 22.1. The second kappa shape index (κ2) is 4.69. The van der Waals surface area contributed by atoms with Crippen LogP contribution in [0.5, 0.6) is 11.5 Å². The molecule has 0 aliphatic carbocycles. The van der Waals surface area contributed by atoms with E-state index >= 15 is 0 Å². The molecule has 1 aliphatic heterocycles. The first-order valence-corrected chi connectivity index (χ1v) is 6.23. The lowest BCUT2D eigenvalue weighted by molar-refractivity contribution is 0.355. The molecule has 0 spiro atoms. The van der Waals surface area contributed by atoms with E-state index in [1.165, 1.54) is 0 Å². The SMILES string of the molecule is COc1ccc(N2CC(N)CC2(C)C)cc1OC. The van der Waals surface area contributed by atoms with Gasteiger partial charge in [0.2, 0.25) is 0 Å². The fourth-order valence-corrected chi connectivity index (χ4v) is 2.75. The first-order valence-electron chi connectivity index (χ1n) is 6.23. The summed E-state index contributed by atoms with van der Waals surface area (Å²) in [5.74, 6) is 1.51. The van der Waals surface area contributed by atoms with Crippen molar-refractivity contribution in [2.24, 2.45) is 5.73 Å². The maximum atomic E-state index is 6.07. The Morgan fingerprint density at radius 3 is 2.39 bits per heavy atom. The van der Waals surface area contributed by atoms with Crippen LogP contribution in [0.3, 0.4) is 0 Å². The van der Waals surface area contributed by atoms with Crippen molar-refractivity contribution in [1.82, 2.24) is 0 Å². The minimum atomic E-state index is 0.0824. The first-order chi connectivity index (χ1) is 8.47. The third kappa shape index (κ3) is 2.25. The molecule has 100 valence electrons. The highest BCUT2D eigenvalue weighted by Crippen LogP contribution is 2.37. The summed E-state index contributed by atoms with van der Waals surface area (Å²) < 4.78 is 10.6. The van der Waals surface area contributed by atoms with Crippen molar-refractivity contribution >= 4 is 5.69 Å². The van der Waals surface area contributed by atoms with Gasteiger partial charge in [-0.15, -0.1) is 0 Å². The van der Waals surface area contributed by atoms with Crippen LogP contribution < -0.4 is 20.1 Å². The van der Waals surface area contributed by atoms with Crippen LogP contribution in [0.15, 0.2) is 18.2 Å². The van der Waals surface area contributed by atoms with Crippen molar-refractivity contribution in [2.75, 3.05) is 25.7 Å². The summed E-state index contributed by atoms with van der Waals surface area (Å²) in [4.78, 5) is 2.33. The number of benzene rings is 1. The van der Waals surface area contributed by atoms with Gasteiger partial charge in [-0.05, 0) is 32.4 Å². The van der Waals surface area contributed by atoms with Crippen LogP contribution in [0, 0.1) is 0 Å². The summed E-state index contributed by atoms with van der Waals surface area (Å²) in [7, 11) is 3.30. The molecule has 0 bridgehead atoms. The fraction of sp³-hybridized carbons (Fsp3) is 0.571. The van der Waals surface area contributed by atoms with E-state index in [-0.39, 0.29) is 11.6 Å². The lowest BCUT2D eigenvalue weighted by Gasteiger charge is -2.33. The minimum absolute atomic E-state index is 0.0824. The maximum absolute atomic E-state index is 6.07. The number of hydrogen-bond donors (Lipinski definition) is 1. The molecule has 1 atom stereocenters. The van der Waals surface area contributed by atoms with Gasteiger partial charge in [-0.2, -0.15) is 0 Å². The van der Waals surface area contributed by atoms with Gasteiger partial charge < -0.3 is 20.1 Å². The Morgan fingerprint density at radius 1 is 1.22 bits per heavy atom. The number of rotatable bonds is 3. The van der Waals surface area contributed by atoms with Gasteiger partial charge >= 0.3 is 0 Å². The predicted molar refractivity (Wildman–Crippen MR) is 73.6 cm³/mol. The summed E-state index contributed by atoms with van der Waals surface area (Å²) in [6, 6.07) is 6.24. The Hall–Kier alpha value is -1.42. The topological polar surface area (TPSA) is 47.7 Å². The van der Waals surface area contributed by atoms with E-state index in [0.29, 0.717) is 0 Å². The lowest BCUT2D eigenvalue weighted by Crippen LogP contribution is -2.38. The van der Waals surface area contributed by atoms with E-state index in [9.17, 15) is 0 Å². The van der Waals surface area contributed by atoms with Crippen molar-refractivity contribution < 1.29 is 9.47 Å². The average molecular weight is 250 g/mol. The Morgan fingerprint density at radius 2 is 1.89 bits per heavy atom. The Balaban J connectivity index is 2.34. The van der Waals surface area contributed by atoms with Crippen LogP contribution in [0.4, 0.5) is 5.69 Å². The standard InChI is InChI=1S/C14H22N2O2/c1-14(2)8-10(15)9-16(14)11-5-6-12(17-3)13(7-11)18-4/h5-7,10H,8-9,15H2,1-4H3. The molecule has 1 saturated heterocycles. The number of ether oxygens (including phenoxy) is 2. The van der Waals surface area contributed by atoms with E-state index in [2.05, 4.69) is 24.8 Å².